The highest BCUT2D eigenvalue weighted by atomic mass is 16.5. The molecule has 1 saturated heterocycles. The summed E-state index contributed by atoms with van der Waals surface area (Å²) in [5, 5.41) is 0. The Morgan fingerprint density at radius 2 is 1.68 bits per heavy atom. The number of methoxy groups -OCH3 is 2. The predicted molar refractivity (Wildman–Crippen MR) is 109 cm³/mol. The van der Waals surface area contributed by atoms with Crippen LogP contribution in [0.2, 0.25) is 0 Å². The number of amides is 2. The fourth-order valence-corrected chi connectivity index (χ4v) is 3.54. The van der Waals surface area contributed by atoms with Gasteiger partial charge in [-0.05, 0) is 36.9 Å². The Bertz CT molecular complexity index is 675. The molecule has 1 fully saturated rings. The molecule has 0 unspecified atom stereocenters. The van der Waals surface area contributed by atoms with Crippen molar-refractivity contribution in [2.24, 2.45) is 17.1 Å². The van der Waals surface area contributed by atoms with Gasteiger partial charge < -0.3 is 25.0 Å². The molecule has 0 aromatic heterocycles. The summed E-state index contributed by atoms with van der Waals surface area (Å²) in [5.41, 5.74) is 6.21. The number of hydrogen-bond donors (Lipinski definition) is 1. The van der Waals surface area contributed by atoms with E-state index in [0.717, 1.165) is 0 Å². The minimum Gasteiger partial charge on any atom is -0.497 e. The highest BCUT2D eigenvalue weighted by molar-refractivity contribution is 5.95. The topological polar surface area (TPSA) is 85.1 Å². The van der Waals surface area contributed by atoms with Gasteiger partial charge in [-0.15, -0.1) is 0 Å². The Labute approximate surface area is 167 Å². The van der Waals surface area contributed by atoms with Crippen LogP contribution in [0.25, 0.3) is 0 Å². The first kappa shape index (κ1) is 22.0. The second kappa shape index (κ2) is 9.28. The van der Waals surface area contributed by atoms with Crippen LogP contribution < -0.4 is 15.2 Å². The van der Waals surface area contributed by atoms with Crippen molar-refractivity contribution < 1.29 is 19.1 Å². The molecular weight excluding hydrogens is 358 g/mol. The number of rotatable bonds is 7. The van der Waals surface area contributed by atoms with E-state index in [1.165, 1.54) is 0 Å². The number of carbonyl (C=O) groups is 2. The van der Waals surface area contributed by atoms with Crippen LogP contribution in [-0.4, -0.2) is 69.1 Å². The first-order valence-corrected chi connectivity index (χ1v) is 9.68. The summed E-state index contributed by atoms with van der Waals surface area (Å²) in [6.07, 6.45) is 1.33. The third kappa shape index (κ3) is 5.38. The van der Waals surface area contributed by atoms with Crippen molar-refractivity contribution in [3.8, 4) is 11.5 Å². The van der Waals surface area contributed by atoms with Crippen molar-refractivity contribution in [1.29, 1.82) is 0 Å². The van der Waals surface area contributed by atoms with Gasteiger partial charge >= 0.3 is 0 Å². The standard InChI is InChI=1S/C21H33N3O4/c1-21(2,13-22)14-23(3)19(25)15-6-8-24(9-7-15)20(26)16-10-17(27-4)12-18(11-16)28-5/h10-12,15H,6-9,13-14,22H2,1-5H3. The van der Waals surface area contributed by atoms with Crippen LogP contribution in [0.15, 0.2) is 18.2 Å². The summed E-state index contributed by atoms with van der Waals surface area (Å²) in [6, 6.07) is 5.16. The fraction of sp³-hybridized carbons (Fsp3) is 0.619. The van der Waals surface area contributed by atoms with E-state index in [0.29, 0.717) is 56.1 Å². The molecule has 2 rings (SSSR count). The van der Waals surface area contributed by atoms with E-state index >= 15 is 0 Å². The van der Waals surface area contributed by atoms with Crippen molar-refractivity contribution in [2.45, 2.75) is 26.7 Å². The average molecular weight is 392 g/mol. The Hall–Kier alpha value is -2.28. The molecule has 0 bridgehead atoms. The summed E-state index contributed by atoms with van der Waals surface area (Å²) in [5.74, 6) is 1.17. The van der Waals surface area contributed by atoms with Crippen LogP contribution in [0.3, 0.4) is 0 Å². The van der Waals surface area contributed by atoms with Crippen molar-refractivity contribution >= 4 is 11.8 Å². The van der Waals surface area contributed by atoms with E-state index in [1.54, 1.807) is 42.2 Å². The van der Waals surface area contributed by atoms with E-state index in [9.17, 15) is 9.59 Å². The molecule has 1 aliphatic heterocycles. The molecule has 2 N–H and O–H groups in total. The molecule has 1 aliphatic rings. The number of benzene rings is 1. The quantitative estimate of drug-likeness (QED) is 0.768. The van der Waals surface area contributed by atoms with Crippen molar-refractivity contribution in [2.75, 3.05) is 47.4 Å². The number of nitrogens with zero attached hydrogens (tertiary/aromatic N) is 2. The van der Waals surface area contributed by atoms with Crippen LogP contribution in [-0.2, 0) is 4.79 Å². The van der Waals surface area contributed by atoms with Gasteiger partial charge in [0.1, 0.15) is 11.5 Å². The second-order valence-electron chi connectivity index (χ2n) is 8.23. The summed E-state index contributed by atoms with van der Waals surface area (Å²) >= 11 is 0. The molecular formula is C21H33N3O4. The van der Waals surface area contributed by atoms with Gasteiger partial charge in [-0.25, -0.2) is 0 Å². The number of carbonyl (C=O) groups excluding carboxylic acids is 2. The normalized spacial score (nSPS) is 15.3. The molecule has 156 valence electrons. The molecule has 0 saturated carbocycles. The van der Waals surface area contributed by atoms with Crippen LogP contribution in [0, 0.1) is 11.3 Å². The Balaban J connectivity index is 1.98. The SMILES string of the molecule is COc1cc(OC)cc(C(=O)N2CCC(C(=O)N(C)CC(C)(C)CN)CC2)c1. The monoisotopic (exact) mass is 391 g/mol. The van der Waals surface area contributed by atoms with E-state index in [-0.39, 0.29) is 23.1 Å². The number of likely N-dealkylation sites (tertiary alicyclic amines) is 1. The highest BCUT2D eigenvalue weighted by Crippen LogP contribution is 2.26. The van der Waals surface area contributed by atoms with Crippen LogP contribution in [0.5, 0.6) is 11.5 Å². The fourth-order valence-electron chi connectivity index (χ4n) is 3.54. The third-order valence-electron chi connectivity index (χ3n) is 5.32. The van der Waals surface area contributed by atoms with Crippen LogP contribution >= 0.6 is 0 Å². The summed E-state index contributed by atoms with van der Waals surface area (Å²) in [4.78, 5) is 29.2. The van der Waals surface area contributed by atoms with Gasteiger partial charge in [0, 0.05) is 44.2 Å². The highest BCUT2D eigenvalue weighted by Gasteiger charge is 2.31. The maximum absolute atomic E-state index is 12.9. The zero-order valence-corrected chi connectivity index (χ0v) is 17.7. The summed E-state index contributed by atoms with van der Waals surface area (Å²) in [7, 11) is 4.95. The minimum atomic E-state index is -0.105. The predicted octanol–water partition coefficient (Wildman–Crippen LogP) is 2.00. The van der Waals surface area contributed by atoms with Gasteiger partial charge in [-0.3, -0.25) is 9.59 Å². The Morgan fingerprint density at radius 3 is 2.14 bits per heavy atom. The Morgan fingerprint density at radius 1 is 1.14 bits per heavy atom. The molecule has 0 radical (unpaired) electrons. The zero-order valence-electron chi connectivity index (χ0n) is 17.7. The maximum atomic E-state index is 12.9. The molecule has 1 heterocycles. The maximum Gasteiger partial charge on any atom is 0.254 e. The molecule has 7 heteroatoms. The zero-order chi connectivity index (χ0) is 20.9. The molecule has 0 aliphatic carbocycles. The molecule has 7 nitrogen and oxygen atoms in total. The van der Waals surface area contributed by atoms with Gasteiger partial charge in [-0.2, -0.15) is 0 Å². The van der Waals surface area contributed by atoms with E-state index in [1.807, 2.05) is 7.05 Å². The first-order valence-electron chi connectivity index (χ1n) is 9.68. The van der Waals surface area contributed by atoms with Crippen LogP contribution in [0.4, 0.5) is 0 Å². The average Bonchev–Trinajstić information content (AvgIpc) is 2.71. The first-order chi connectivity index (χ1) is 13.2. The van der Waals surface area contributed by atoms with Crippen molar-refractivity contribution in [1.82, 2.24) is 9.80 Å². The van der Waals surface area contributed by atoms with Gasteiger partial charge in [-0.1, -0.05) is 13.8 Å². The van der Waals surface area contributed by atoms with E-state index in [2.05, 4.69) is 13.8 Å². The molecule has 1 aromatic carbocycles. The molecule has 2 amide bonds. The van der Waals surface area contributed by atoms with E-state index < -0.39 is 0 Å². The summed E-state index contributed by atoms with van der Waals surface area (Å²) < 4.78 is 10.5. The van der Waals surface area contributed by atoms with Gasteiger partial charge in [0.2, 0.25) is 5.91 Å². The molecule has 0 spiro atoms. The summed E-state index contributed by atoms with van der Waals surface area (Å²) in [6.45, 7) is 6.39. The molecule has 1 aromatic rings. The lowest BCUT2D eigenvalue weighted by molar-refractivity contribution is -0.136. The van der Waals surface area contributed by atoms with Crippen molar-refractivity contribution in [3.63, 3.8) is 0 Å². The minimum absolute atomic E-state index is 0.0533. The van der Waals surface area contributed by atoms with Gasteiger partial charge in [0.15, 0.2) is 0 Å². The smallest absolute Gasteiger partial charge is 0.254 e. The lowest BCUT2D eigenvalue weighted by Crippen LogP contribution is -2.46. The molecule has 28 heavy (non-hydrogen) atoms. The van der Waals surface area contributed by atoms with Gasteiger partial charge in [0.05, 0.1) is 14.2 Å². The second-order valence-corrected chi connectivity index (χ2v) is 8.23. The van der Waals surface area contributed by atoms with Crippen LogP contribution in [0.1, 0.15) is 37.0 Å². The largest absolute Gasteiger partial charge is 0.497 e. The van der Waals surface area contributed by atoms with E-state index in [4.69, 9.17) is 15.2 Å². The molecule has 0 atom stereocenters. The number of ether oxygens (including phenoxy) is 2. The third-order valence-corrected chi connectivity index (χ3v) is 5.32. The Kier molecular flexibility index (Phi) is 7.29. The van der Waals surface area contributed by atoms with Crippen molar-refractivity contribution in [3.05, 3.63) is 23.8 Å². The lowest BCUT2D eigenvalue weighted by atomic mass is 9.91. The number of nitrogens with two attached hydrogens (primary N) is 1. The number of hydrogen-bond acceptors (Lipinski definition) is 5. The lowest BCUT2D eigenvalue weighted by Gasteiger charge is -2.35. The number of piperidine rings is 1. The van der Waals surface area contributed by atoms with Gasteiger partial charge in [0.25, 0.3) is 5.91 Å².